The van der Waals surface area contributed by atoms with Crippen LogP contribution in [0.3, 0.4) is 0 Å². The van der Waals surface area contributed by atoms with Gasteiger partial charge in [0.2, 0.25) is 0 Å². The maximum atomic E-state index is 12.4. The van der Waals surface area contributed by atoms with Crippen molar-refractivity contribution in [2.75, 3.05) is 6.61 Å². The van der Waals surface area contributed by atoms with E-state index in [9.17, 15) is 4.79 Å². The molecule has 0 aliphatic carbocycles. The van der Waals surface area contributed by atoms with Gasteiger partial charge in [0.05, 0.1) is 38.6 Å². The summed E-state index contributed by atoms with van der Waals surface area (Å²) >= 11 is 0. The Hall–Kier alpha value is -3.07. The van der Waals surface area contributed by atoms with E-state index in [4.69, 9.17) is 29.4 Å². The van der Waals surface area contributed by atoms with E-state index in [0.29, 0.717) is 19.8 Å². The number of hydrogen-bond donors (Lipinski definition) is 1. The molecule has 1 saturated heterocycles. The normalized spacial score (nSPS) is 23.7. The molecule has 1 fully saturated rings. The molecule has 1 aliphatic rings. The van der Waals surface area contributed by atoms with E-state index in [1.807, 2.05) is 97.9 Å². The largest absolute Gasteiger partial charge is 0.465 e. The predicted octanol–water partition coefficient (Wildman–Crippen LogP) is 4.81. The Balaban J connectivity index is 1.59. The molecule has 0 bridgehead atoms. The monoisotopic (exact) mass is 533 g/mol. The minimum atomic E-state index is -0.846. The lowest BCUT2D eigenvalue weighted by molar-refractivity contribution is -0.263. The van der Waals surface area contributed by atoms with Crippen LogP contribution < -0.4 is 5.73 Å². The van der Waals surface area contributed by atoms with Crippen molar-refractivity contribution < 1.29 is 28.5 Å². The molecule has 0 saturated carbocycles. The molecule has 3 aromatic rings. The zero-order chi connectivity index (χ0) is 27.5. The Kier molecular flexibility index (Phi) is 11.1. The third-order valence-electron chi connectivity index (χ3n) is 6.80. The summed E-state index contributed by atoms with van der Waals surface area (Å²) in [5.74, 6) is -0.459. The second-order valence-corrected chi connectivity index (χ2v) is 9.76. The van der Waals surface area contributed by atoms with Gasteiger partial charge in [0.1, 0.15) is 24.4 Å². The number of carbonyl (C=O) groups excluding carboxylic acids is 1. The molecule has 0 spiro atoms. The first-order valence-electron chi connectivity index (χ1n) is 13.6. The van der Waals surface area contributed by atoms with Gasteiger partial charge in [0.25, 0.3) is 0 Å². The molecule has 7 nitrogen and oxygen atoms in total. The molecular formula is C32H39NO6. The Morgan fingerprint density at radius 1 is 0.744 bits per heavy atom. The van der Waals surface area contributed by atoms with Crippen molar-refractivity contribution in [2.45, 2.75) is 76.7 Å². The van der Waals surface area contributed by atoms with Gasteiger partial charge in [0, 0.05) is 6.42 Å². The minimum Gasteiger partial charge on any atom is -0.465 e. The summed E-state index contributed by atoms with van der Waals surface area (Å²) in [4.78, 5) is 12.4. The van der Waals surface area contributed by atoms with Crippen molar-refractivity contribution in [2.24, 2.45) is 5.73 Å². The highest BCUT2D eigenvalue weighted by Gasteiger charge is 2.47. The molecule has 0 radical (unpaired) electrons. The SMILES string of the molecule is CCOC(=O)[C@@H](N)C[C@@H]1O[C@@H](C)[C@@H](OCc2ccccc2)[C@@H](OCc2ccccc2)[C@@H]1OCc1ccccc1. The van der Waals surface area contributed by atoms with E-state index >= 15 is 0 Å². The number of nitrogens with two attached hydrogens (primary N) is 1. The third-order valence-corrected chi connectivity index (χ3v) is 6.80. The van der Waals surface area contributed by atoms with Gasteiger partial charge >= 0.3 is 5.97 Å². The van der Waals surface area contributed by atoms with Gasteiger partial charge in [-0.25, -0.2) is 0 Å². The van der Waals surface area contributed by atoms with Gasteiger partial charge in [-0.1, -0.05) is 91.0 Å². The molecule has 7 heteroatoms. The van der Waals surface area contributed by atoms with Crippen LogP contribution in [0.1, 0.15) is 37.0 Å². The standard InChI is InChI=1S/C32H39NO6/c1-3-35-32(34)27(33)19-28-30(37-21-25-15-9-5-10-16-25)31(38-22-26-17-11-6-12-18-26)29(23(2)39-28)36-20-24-13-7-4-8-14-24/h4-18,23,27-31H,3,19-22,33H2,1-2H3/t23-,27-,28-,29+,30+,31+/m0/s1. The van der Waals surface area contributed by atoms with Gasteiger partial charge < -0.3 is 29.4 Å². The molecule has 6 atom stereocenters. The van der Waals surface area contributed by atoms with Crippen LogP contribution in [-0.2, 0) is 48.3 Å². The van der Waals surface area contributed by atoms with E-state index in [1.54, 1.807) is 6.92 Å². The maximum absolute atomic E-state index is 12.4. The van der Waals surface area contributed by atoms with Crippen molar-refractivity contribution in [3.63, 3.8) is 0 Å². The Labute approximate surface area is 231 Å². The van der Waals surface area contributed by atoms with Gasteiger partial charge in [-0.05, 0) is 30.5 Å². The molecule has 2 N–H and O–H groups in total. The smallest absolute Gasteiger partial charge is 0.322 e. The zero-order valence-electron chi connectivity index (χ0n) is 22.7. The molecule has 4 rings (SSSR count). The van der Waals surface area contributed by atoms with Crippen LogP contribution in [0.25, 0.3) is 0 Å². The average Bonchev–Trinajstić information content (AvgIpc) is 2.96. The Morgan fingerprint density at radius 3 is 1.64 bits per heavy atom. The minimum absolute atomic E-state index is 0.235. The quantitative estimate of drug-likeness (QED) is 0.316. The van der Waals surface area contributed by atoms with E-state index in [1.165, 1.54) is 0 Å². The molecular weight excluding hydrogens is 494 g/mol. The second kappa shape index (κ2) is 14.9. The highest BCUT2D eigenvalue weighted by molar-refractivity contribution is 5.75. The number of ether oxygens (including phenoxy) is 5. The van der Waals surface area contributed by atoms with E-state index in [2.05, 4.69) is 0 Å². The maximum Gasteiger partial charge on any atom is 0.322 e. The third kappa shape index (κ3) is 8.46. The summed E-state index contributed by atoms with van der Waals surface area (Å²) < 4.78 is 31.2. The summed E-state index contributed by atoms with van der Waals surface area (Å²) in [6.07, 6.45) is -2.01. The van der Waals surface area contributed by atoms with E-state index < -0.39 is 36.4 Å². The summed E-state index contributed by atoms with van der Waals surface area (Å²) in [7, 11) is 0. The number of benzene rings is 3. The first-order chi connectivity index (χ1) is 19.0. The predicted molar refractivity (Wildman–Crippen MR) is 149 cm³/mol. The summed E-state index contributed by atoms with van der Waals surface area (Å²) in [5, 5.41) is 0. The number of hydrogen-bond acceptors (Lipinski definition) is 7. The van der Waals surface area contributed by atoms with Gasteiger partial charge in [-0.15, -0.1) is 0 Å². The lowest BCUT2D eigenvalue weighted by Gasteiger charge is -2.46. The van der Waals surface area contributed by atoms with Crippen molar-refractivity contribution in [3.05, 3.63) is 108 Å². The number of rotatable bonds is 13. The van der Waals surface area contributed by atoms with Crippen LogP contribution in [0.4, 0.5) is 0 Å². The summed E-state index contributed by atoms with van der Waals surface area (Å²) in [6.45, 7) is 5.13. The molecule has 1 aliphatic heterocycles. The van der Waals surface area contributed by atoms with Gasteiger partial charge in [-0.2, -0.15) is 0 Å². The van der Waals surface area contributed by atoms with Crippen LogP contribution in [0.5, 0.6) is 0 Å². The van der Waals surface area contributed by atoms with Crippen molar-refractivity contribution in [1.29, 1.82) is 0 Å². The first-order valence-corrected chi connectivity index (χ1v) is 13.6. The van der Waals surface area contributed by atoms with Crippen LogP contribution in [0, 0.1) is 0 Å². The highest BCUT2D eigenvalue weighted by atomic mass is 16.6. The molecule has 3 aromatic carbocycles. The highest BCUT2D eigenvalue weighted by Crippen LogP contribution is 2.32. The lowest BCUT2D eigenvalue weighted by atomic mass is 9.91. The lowest BCUT2D eigenvalue weighted by Crippen LogP contribution is -2.60. The topological polar surface area (TPSA) is 89.2 Å². The van der Waals surface area contributed by atoms with Crippen LogP contribution >= 0.6 is 0 Å². The fourth-order valence-electron chi connectivity index (χ4n) is 4.80. The molecule has 0 amide bonds. The van der Waals surface area contributed by atoms with Crippen molar-refractivity contribution >= 4 is 5.97 Å². The number of carbonyl (C=O) groups is 1. The molecule has 39 heavy (non-hydrogen) atoms. The van der Waals surface area contributed by atoms with E-state index in [-0.39, 0.29) is 19.1 Å². The second-order valence-electron chi connectivity index (χ2n) is 9.76. The fourth-order valence-corrected chi connectivity index (χ4v) is 4.80. The Morgan fingerprint density at radius 2 is 1.18 bits per heavy atom. The van der Waals surface area contributed by atoms with Crippen molar-refractivity contribution in [1.82, 2.24) is 0 Å². The summed E-state index contributed by atoms with van der Waals surface area (Å²) in [5.41, 5.74) is 9.37. The van der Waals surface area contributed by atoms with E-state index in [0.717, 1.165) is 16.7 Å². The number of esters is 1. The fraction of sp³-hybridized carbons (Fsp3) is 0.406. The molecule has 208 valence electrons. The van der Waals surface area contributed by atoms with Gasteiger partial charge in [-0.3, -0.25) is 4.79 Å². The average molecular weight is 534 g/mol. The molecule has 0 aromatic heterocycles. The van der Waals surface area contributed by atoms with Crippen LogP contribution in [0.2, 0.25) is 0 Å². The molecule has 1 heterocycles. The van der Waals surface area contributed by atoms with Crippen molar-refractivity contribution in [3.8, 4) is 0 Å². The first kappa shape index (κ1) is 28.9. The van der Waals surface area contributed by atoms with Crippen LogP contribution in [-0.4, -0.2) is 49.1 Å². The summed E-state index contributed by atoms with van der Waals surface area (Å²) in [6, 6.07) is 29.1. The van der Waals surface area contributed by atoms with Gasteiger partial charge in [0.15, 0.2) is 0 Å². The molecule has 0 unspecified atom stereocenters. The van der Waals surface area contributed by atoms with Crippen LogP contribution in [0.15, 0.2) is 91.0 Å². The zero-order valence-corrected chi connectivity index (χ0v) is 22.7. The Bertz CT molecular complexity index is 1110.